The Morgan fingerprint density at radius 3 is 2.47 bits per heavy atom. The average Bonchev–Trinajstić information content (AvgIpc) is 3.05. The third-order valence-corrected chi connectivity index (χ3v) is 6.41. The van der Waals surface area contributed by atoms with Crippen LogP contribution in [-0.4, -0.2) is 52.2 Å². The molecule has 1 saturated heterocycles. The van der Waals surface area contributed by atoms with Crippen molar-refractivity contribution in [1.29, 1.82) is 10.8 Å². The van der Waals surface area contributed by atoms with E-state index >= 15 is 0 Å². The molecular weight excluding hydrogens is 376 g/mol. The minimum atomic E-state index is -0.525. The predicted octanol–water partition coefficient (Wildman–Crippen LogP) is 3.21. The molecule has 0 spiro atoms. The number of nitrogens with one attached hydrogen (secondary N) is 2. The van der Waals surface area contributed by atoms with Gasteiger partial charge in [0, 0.05) is 18.7 Å². The summed E-state index contributed by atoms with van der Waals surface area (Å²) in [6.45, 7) is 1.33. The van der Waals surface area contributed by atoms with E-state index in [-0.39, 0.29) is 17.9 Å². The quantitative estimate of drug-likeness (QED) is 0.510. The van der Waals surface area contributed by atoms with E-state index in [2.05, 4.69) is 0 Å². The molecule has 156 valence electrons. The number of likely N-dealkylation sites (tertiary alicyclic amines) is 1. The summed E-state index contributed by atoms with van der Waals surface area (Å²) in [4.78, 5) is 16.1. The number of piperidine rings is 1. The zero-order valence-corrected chi connectivity index (χ0v) is 17.0. The summed E-state index contributed by atoms with van der Waals surface area (Å²) < 4.78 is 0. The van der Waals surface area contributed by atoms with E-state index in [1.165, 1.54) is 6.34 Å². The summed E-state index contributed by atoms with van der Waals surface area (Å²) in [7, 11) is 0. The van der Waals surface area contributed by atoms with E-state index < -0.39 is 6.10 Å². The first kappa shape index (κ1) is 20.3. The van der Waals surface area contributed by atoms with Crippen LogP contribution in [0.4, 0.5) is 0 Å². The number of carbonyl (C=O) groups is 1. The normalized spacial score (nSPS) is 20.2. The van der Waals surface area contributed by atoms with Gasteiger partial charge in [-0.15, -0.1) is 0 Å². The number of benzene rings is 2. The van der Waals surface area contributed by atoms with Crippen LogP contribution in [0.5, 0.6) is 0 Å². The van der Waals surface area contributed by atoms with Crippen molar-refractivity contribution in [2.75, 3.05) is 13.1 Å². The summed E-state index contributed by atoms with van der Waals surface area (Å²) in [6.07, 6.45) is 3.12. The molecule has 2 aliphatic rings. The lowest BCUT2D eigenvalue weighted by atomic mass is 9.86. The van der Waals surface area contributed by atoms with Gasteiger partial charge in [0.05, 0.1) is 24.9 Å². The molecular formula is C24H28N4O2. The Bertz CT molecular complexity index is 922. The highest BCUT2D eigenvalue weighted by Crippen LogP contribution is 2.37. The molecule has 30 heavy (non-hydrogen) atoms. The third kappa shape index (κ3) is 4.00. The van der Waals surface area contributed by atoms with E-state index in [4.69, 9.17) is 10.8 Å². The van der Waals surface area contributed by atoms with Crippen molar-refractivity contribution in [3.05, 3.63) is 71.3 Å². The highest BCUT2D eigenvalue weighted by Gasteiger charge is 2.36. The first-order valence-corrected chi connectivity index (χ1v) is 10.5. The Labute approximate surface area is 177 Å². The Balaban J connectivity index is 1.34. The number of rotatable bonds is 6. The van der Waals surface area contributed by atoms with Crippen LogP contribution < -0.4 is 0 Å². The number of fused-ring (bicyclic) bond motifs is 1. The van der Waals surface area contributed by atoms with Crippen LogP contribution in [0.1, 0.15) is 42.0 Å². The van der Waals surface area contributed by atoms with Crippen molar-refractivity contribution in [3.8, 4) is 0 Å². The van der Waals surface area contributed by atoms with Crippen molar-refractivity contribution in [1.82, 2.24) is 9.80 Å². The number of amides is 1. The van der Waals surface area contributed by atoms with Crippen molar-refractivity contribution < 1.29 is 9.90 Å². The molecule has 2 aromatic rings. The average molecular weight is 405 g/mol. The van der Waals surface area contributed by atoms with Gasteiger partial charge in [-0.05, 0) is 36.3 Å². The highest BCUT2D eigenvalue weighted by atomic mass is 16.3. The van der Waals surface area contributed by atoms with Gasteiger partial charge in [0.25, 0.3) is 0 Å². The fraction of sp³-hybridized carbons (Fsp3) is 0.375. The SMILES string of the molecule is N=CN1C(=N)c2ccccc2C1CC(O)C1CCN(C(=O)Cc2ccccc2)CC1. The van der Waals surface area contributed by atoms with E-state index in [1.807, 2.05) is 59.5 Å². The number of carbonyl (C=O) groups excluding carboxylic acids is 1. The van der Waals surface area contributed by atoms with E-state index in [9.17, 15) is 9.90 Å². The zero-order valence-electron chi connectivity index (χ0n) is 17.0. The zero-order chi connectivity index (χ0) is 21.1. The van der Waals surface area contributed by atoms with Crippen LogP contribution in [0, 0.1) is 16.7 Å². The lowest BCUT2D eigenvalue weighted by Gasteiger charge is -2.36. The fourth-order valence-corrected chi connectivity index (χ4v) is 4.68. The molecule has 0 bridgehead atoms. The molecule has 0 aromatic heterocycles. The molecule has 3 N–H and O–H groups in total. The standard InChI is InChI=1S/C24H28N4O2/c25-16-28-21(19-8-4-5-9-20(19)24(28)26)15-22(29)18-10-12-27(13-11-18)23(30)14-17-6-2-1-3-7-17/h1-9,16,18,21-22,25-26,29H,10-15H2. The van der Waals surface area contributed by atoms with Crippen LogP contribution in [0.15, 0.2) is 54.6 Å². The maximum absolute atomic E-state index is 12.6. The van der Waals surface area contributed by atoms with E-state index in [0.29, 0.717) is 31.8 Å². The first-order chi connectivity index (χ1) is 14.6. The van der Waals surface area contributed by atoms with Gasteiger partial charge in [-0.2, -0.15) is 0 Å². The molecule has 1 fully saturated rings. The Morgan fingerprint density at radius 2 is 1.77 bits per heavy atom. The predicted molar refractivity (Wildman–Crippen MR) is 117 cm³/mol. The van der Waals surface area contributed by atoms with Gasteiger partial charge in [-0.25, -0.2) is 0 Å². The van der Waals surface area contributed by atoms with E-state index in [0.717, 1.165) is 29.5 Å². The number of aliphatic hydroxyl groups excluding tert-OH is 1. The number of hydrogen-bond donors (Lipinski definition) is 3. The molecule has 2 atom stereocenters. The molecule has 2 heterocycles. The molecule has 0 radical (unpaired) electrons. The van der Waals surface area contributed by atoms with Gasteiger partial charge in [0.2, 0.25) is 5.91 Å². The molecule has 0 saturated carbocycles. The topological polar surface area (TPSA) is 91.5 Å². The summed E-state index contributed by atoms with van der Waals surface area (Å²) in [5.74, 6) is 0.585. The summed E-state index contributed by atoms with van der Waals surface area (Å²) in [5.41, 5.74) is 2.86. The second-order valence-electron chi connectivity index (χ2n) is 8.17. The molecule has 4 rings (SSSR count). The summed E-state index contributed by atoms with van der Waals surface area (Å²) in [5, 5.41) is 27.0. The van der Waals surface area contributed by atoms with Crippen molar-refractivity contribution in [2.45, 2.75) is 37.8 Å². The molecule has 2 aromatic carbocycles. The number of amidine groups is 1. The molecule has 2 aliphatic heterocycles. The third-order valence-electron chi connectivity index (χ3n) is 6.41. The largest absolute Gasteiger partial charge is 0.393 e. The van der Waals surface area contributed by atoms with Gasteiger partial charge in [-0.3, -0.25) is 15.6 Å². The van der Waals surface area contributed by atoms with Gasteiger partial charge < -0.3 is 14.9 Å². The minimum Gasteiger partial charge on any atom is -0.393 e. The molecule has 1 amide bonds. The monoisotopic (exact) mass is 404 g/mol. The van der Waals surface area contributed by atoms with Crippen molar-refractivity contribution >= 4 is 18.1 Å². The lowest BCUT2D eigenvalue weighted by Crippen LogP contribution is -2.42. The second-order valence-corrected chi connectivity index (χ2v) is 8.17. The van der Waals surface area contributed by atoms with Crippen LogP contribution in [-0.2, 0) is 11.2 Å². The first-order valence-electron chi connectivity index (χ1n) is 10.5. The smallest absolute Gasteiger partial charge is 0.226 e. The maximum atomic E-state index is 12.6. The van der Waals surface area contributed by atoms with E-state index in [1.54, 1.807) is 4.90 Å². The maximum Gasteiger partial charge on any atom is 0.226 e. The fourth-order valence-electron chi connectivity index (χ4n) is 4.68. The molecule has 2 unspecified atom stereocenters. The Morgan fingerprint density at radius 1 is 1.10 bits per heavy atom. The van der Waals surface area contributed by atoms with Gasteiger partial charge in [0.1, 0.15) is 5.84 Å². The number of hydrogen-bond acceptors (Lipinski definition) is 4. The Hall–Kier alpha value is -2.99. The van der Waals surface area contributed by atoms with Crippen LogP contribution in [0.2, 0.25) is 0 Å². The van der Waals surface area contributed by atoms with Crippen molar-refractivity contribution in [3.63, 3.8) is 0 Å². The number of nitrogens with zero attached hydrogens (tertiary/aromatic N) is 2. The van der Waals surface area contributed by atoms with Crippen LogP contribution in [0.25, 0.3) is 0 Å². The van der Waals surface area contributed by atoms with Gasteiger partial charge in [0.15, 0.2) is 0 Å². The Kier molecular flexibility index (Phi) is 5.95. The highest BCUT2D eigenvalue weighted by molar-refractivity contribution is 6.06. The van der Waals surface area contributed by atoms with Gasteiger partial charge in [-0.1, -0.05) is 54.6 Å². The summed E-state index contributed by atoms with van der Waals surface area (Å²) >= 11 is 0. The lowest BCUT2D eigenvalue weighted by molar-refractivity contribution is -0.132. The van der Waals surface area contributed by atoms with Crippen LogP contribution >= 0.6 is 0 Å². The molecule has 6 nitrogen and oxygen atoms in total. The molecule has 0 aliphatic carbocycles. The van der Waals surface area contributed by atoms with Gasteiger partial charge >= 0.3 is 0 Å². The van der Waals surface area contributed by atoms with Crippen molar-refractivity contribution in [2.24, 2.45) is 5.92 Å². The summed E-state index contributed by atoms with van der Waals surface area (Å²) in [6, 6.07) is 17.3. The van der Waals surface area contributed by atoms with Crippen LogP contribution in [0.3, 0.4) is 0 Å². The number of aliphatic hydroxyl groups is 1. The minimum absolute atomic E-state index is 0.125. The molecule has 6 heteroatoms. The second kappa shape index (κ2) is 8.79.